The van der Waals surface area contributed by atoms with E-state index >= 15 is 0 Å². The van der Waals surface area contributed by atoms with Crippen molar-refractivity contribution in [3.63, 3.8) is 0 Å². The van der Waals surface area contributed by atoms with Crippen LogP contribution < -0.4 is 15.5 Å². The third-order valence-corrected chi connectivity index (χ3v) is 3.24. The van der Waals surface area contributed by atoms with Crippen LogP contribution in [0.2, 0.25) is 10.0 Å². The molecule has 10 heteroatoms. The molecule has 132 valence electrons. The smallest absolute Gasteiger partial charge is 0.422 e. The third-order valence-electron chi connectivity index (χ3n) is 2.80. The zero-order chi connectivity index (χ0) is 18.6. The number of rotatable bonds is 4. The summed E-state index contributed by atoms with van der Waals surface area (Å²) >= 11 is 11.7. The Bertz CT molecular complexity index is 788. The Morgan fingerprint density at radius 1 is 1.16 bits per heavy atom. The molecule has 0 unspecified atom stereocenters. The number of nitrogens with zero attached hydrogens (tertiary/aromatic N) is 1. The highest BCUT2D eigenvalue weighted by Crippen LogP contribution is 2.19. The monoisotopic (exact) mass is 392 g/mol. The van der Waals surface area contributed by atoms with Crippen molar-refractivity contribution in [2.75, 3.05) is 6.61 Å². The molecule has 2 rings (SSSR count). The number of hydrogen-bond acceptors (Lipinski definition) is 2. The number of hydrogen-bond donors (Lipinski definition) is 1. The Morgan fingerprint density at radius 2 is 1.80 bits per heavy atom. The second-order valence-electron chi connectivity index (χ2n) is 4.81. The zero-order valence-corrected chi connectivity index (χ0v) is 13.9. The number of amidine groups is 1. The van der Waals surface area contributed by atoms with Crippen molar-refractivity contribution in [2.24, 2.45) is 10.7 Å². The molecule has 0 saturated heterocycles. The summed E-state index contributed by atoms with van der Waals surface area (Å²) < 4.78 is 40.7. The lowest BCUT2D eigenvalue weighted by molar-refractivity contribution is -0.397. The number of ether oxygens (including phenoxy) is 1. The summed E-state index contributed by atoms with van der Waals surface area (Å²) in [6, 6.07) is 6.91. The lowest BCUT2D eigenvalue weighted by atomic mass is 10.2. The molecule has 1 heterocycles. The lowest BCUT2D eigenvalue weighted by Gasteiger charge is -2.05. The van der Waals surface area contributed by atoms with E-state index in [1.54, 1.807) is 0 Å². The van der Waals surface area contributed by atoms with Crippen LogP contribution in [0.4, 0.5) is 13.2 Å². The standard InChI is InChI=1S/C15H10Cl2F3N3O2/c16-10-3-9(4-11(17)5-10)13(21)23-14(24)8-1-2-12(22-6-8)25-7-15(18,19)20/h1-6H,7H2,(H2,21,23,24)/p+1. The number of pyridine rings is 1. The van der Waals surface area contributed by atoms with Crippen LogP contribution in [0.15, 0.2) is 41.5 Å². The minimum absolute atomic E-state index is 0.0791. The van der Waals surface area contributed by atoms with Gasteiger partial charge in [-0.1, -0.05) is 23.2 Å². The van der Waals surface area contributed by atoms with E-state index < -0.39 is 18.7 Å². The molecule has 0 aliphatic heterocycles. The molecule has 5 nitrogen and oxygen atoms in total. The maximum atomic E-state index is 12.1. The van der Waals surface area contributed by atoms with Crippen LogP contribution >= 0.6 is 23.2 Å². The van der Waals surface area contributed by atoms with Gasteiger partial charge in [-0.25, -0.2) is 0 Å². The molecule has 25 heavy (non-hydrogen) atoms. The minimum Gasteiger partial charge on any atom is -0.435 e. The number of amides is 1. The molecule has 0 fully saturated rings. The van der Waals surface area contributed by atoms with Crippen LogP contribution in [-0.4, -0.2) is 24.5 Å². The van der Waals surface area contributed by atoms with E-state index in [4.69, 9.17) is 28.9 Å². The first-order valence-corrected chi connectivity index (χ1v) is 7.46. The Labute approximate surface area is 150 Å². The van der Waals surface area contributed by atoms with Gasteiger partial charge >= 0.3 is 12.1 Å². The summed E-state index contributed by atoms with van der Waals surface area (Å²) in [5.74, 6) is -0.952. The van der Waals surface area contributed by atoms with Gasteiger partial charge in [0.15, 0.2) is 12.8 Å². The topological polar surface area (TPSA) is 78.8 Å². The van der Waals surface area contributed by atoms with Crippen molar-refractivity contribution in [1.29, 1.82) is 0 Å². The molecule has 3 N–H and O–H groups in total. The fraction of sp³-hybridized carbons (Fsp3) is 0.133. The van der Waals surface area contributed by atoms with Gasteiger partial charge in [0, 0.05) is 15.6 Å². The highest BCUT2D eigenvalue weighted by Gasteiger charge is 2.29. The van der Waals surface area contributed by atoms with Crippen molar-refractivity contribution < 1.29 is 27.7 Å². The minimum atomic E-state index is -4.46. The van der Waals surface area contributed by atoms with Crippen LogP contribution in [0.25, 0.3) is 0 Å². The van der Waals surface area contributed by atoms with Crippen LogP contribution in [0, 0.1) is 0 Å². The lowest BCUT2D eigenvalue weighted by Crippen LogP contribution is -2.23. The predicted molar refractivity (Wildman–Crippen MR) is 86.1 cm³/mol. The average molecular weight is 393 g/mol. The summed E-state index contributed by atoms with van der Waals surface area (Å²) in [4.78, 5) is 18.2. The van der Waals surface area contributed by atoms with Crippen molar-refractivity contribution in [2.45, 2.75) is 6.18 Å². The number of aromatic amines is 1. The molecular formula is C15H11Cl2F3N3O2+. The molecule has 0 saturated carbocycles. The van der Waals surface area contributed by atoms with Crippen LogP contribution in [0.1, 0.15) is 15.9 Å². The van der Waals surface area contributed by atoms with E-state index in [0.29, 0.717) is 15.6 Å². The quantitative estimate of drug-likeness (QED) is 0.640. The van der Waals surface area contributed by atoms with E-state index in [9.17, 15) is 18.0 Å². The SMILES string of the molecule is NC(=NC(=O)c1ccc(OCC(F)(F)F)[nH+]c1)c1cc(Cl)cc(Cl)c1. The first kappa shape index (κ1) is 19.0. The summed E-state index contributed by atoms with van der Waals surface area (Å²) in [6.45, 7) is -1.45. The summed E-state index contributed by atoms with van der Waals surface area (Å²) in [5, 5.41) is 0.653. The molecule has 0 aliphatic carbocycles. The number of benzene rings is 1. The van der Waals surface area contributed by atoms with Gasteiger partial charge in [-0.05, 0) is 24.3 Å². The van der Waals surface area contributed by atoms with Gasteiger partial charge < -0.3 is 10.5 Å². The predicted octanol–water partition coefficient (Wildman–Crippen LogP) is 3.29. The summed E-state index contributed by atoms with van der Waals surface area (Å²) in [7, 11) is 0. The Balaban J connectivity index is 2.12. The van der Waals surface area contributed by atoms with E-state index in [1.807, 2.05) is 0 Å². The number of nitrogens with two attached hydrogens (primary N) is 1. The van der Waals surface area contributed by atoms with Crippen LogP contribution in [0.5, 0.6) is 5.88 Å². The number of aliphatic imine (C=N–C) groups is 1. The number of carbonyl (C=O) groups excluding carboxylic acids is 1. The number of halogens is 5. The molecule has 0 aliphatic rings. The first-order valence-electron chi connectivity index (χ1n) is 6.70. The fourth-order valence-corrected chi connectivity index (χ4v) is 2.26. The van der Waals surface area contributed by atoms with Gasteiger partial charge in [0.25, 0.3) is 5.91 Å². The van der Waals surface area contributed by atoms with Gasteiger partial charge in [0.1, 0.15) is 11.4 Å². The number of H-pyrrole nitrogens is 1. The summed E-state index contributed by atoms with van der Waals surface area (Å²) in [5.41, 5.74) is 6.19. The molecule has 1 aromatic heterocycles. The molecule has 1 amide bonds. The highest BCUT2D eigenvalue weighted by molar-refractivity contribution is 6.35. The van der Waals surface area contributed by atoms with E-state index in [2.05, 4.69) is 14.7 Å². The second kappa shape index (κ2) is 7.71. The largest absolute Gasteiger partial charge is 0.435 e. The third kappa shape index (κ3) is 5.91. The van der Waals surface area contributed by atoms with E-state index in [1.165, 1.54) is 30.3 Å². The molecular weight excluding hydrogens is 382 g/mol. The Hall–Kier alpha value is -2.32. The van der Waals surface area contributed by atoms with Gasteiger partial charge in [-0.3, -0.25) is 4.79 Å². The molecule has 0 spiro atoms. The van der Waals surface area contributed by atoms with Crippen LogP contribution in [-0.2, 0) is 0 Å². The van der Waals surface area contributed by atoms with Crippen molar-refractivity contribution in [1.82, 2.24) is 0 Å². The Morgan fingerprint density at radius 3 is 2.32 bits per heavy atom. The number of carbonyl (C=O) groups is 1. The van der Waals surface area contributed by atoms with Gasteiger partial charge in [-0.15, -0.1) is 0 Å². The van der Waals surface area contributed by atoms with Crippen molar-refractivity contribution >= 4 is 34.9 Å². The van der Waals surface area contributed by atoms with Gasteiger partial charge in [0.05, 0.1) is 6.07 Å². The van der Waals surface area contributed by atoms with E-state index in [0.717, 1.165) is 6.20 Å². The second-order valence-corrected chi connectivity index (χ2v) is 5.68. The number of alkyl halides is 3. The summed E-state index contributed by atoms with van der Waals surface area (Å²) in [6.07, 6.45) is -3.30. The van der Waals surface area contributed by atoms with E-state index in [-0.39, 0.29) is 17.3 Å². The zero-order valence-electron chi connectivity index (χ0n) is 12.4. The highest BCUT2D eigenvalue weighted by atomic mass is 35.5. The molecule has 0 bridgehead atoms. The molecule has 0 radical (unpaired) electrons. The maximum Gasteiger partial charge on any atom is 0.422 e. The number of aromatic nitrogens is 1. The molecule has 1 aromatic carbocycles. The first-order chi connectivity index (χ1) is 11.6. The number of nitrogens with one attached hydrogen (secondary N) is 1. The fourth-order valence-electron chi connectivity index (χ4n) is 1.73. The average Bonchev–Trinajstić information content (AvgIpc) is 2.51. The normalized spacial score (nSPS) is 12.1. The van der Waals surface area contributed by atoms with Gasteiger partial charge in [0.2, 0.25) is 0 Å². The molecule has 2 aromatic rings. The Kier molecular flexibility index (Phi) is 5.86. The van der Waals surface area contributed by atoms with Crippen molar-refractivity contribution in [3.8, 4) is 5.88 Å². The maximum absolute atomic E-state index is 12.1. The van der Waals surface area contributed by atoms with Crippen molar-refractivity contribution in [3.05, 3.63) is 57.7 Å². The van der Waals surface area contributed by atoms with Crippen LogP contribution in [0.3, 0.4) is 0 Å². The van der Waals surface area contributed by atoms with Gasteiger partial charge in [-0.2, -0.15) is 23.1 Å². The molecule has 0 atom stereocenters.